The lowest BCUT2D eigenvalue weighted by atomic mass is 10.1. The Labute approximate surface area is 157 Å². The molecule has 26 heavy (non-hydrogen) atoms. The van der Waals surface area contributed by atoms with Gasteiger partial charge in [-0.1, -0.05) is 17.7 Å². The van der Waals surface area contributed by atoms with Crippen molar-refractivity contribution in [2.24, 2.45) is 0 Å². The van der Waals surface area contributed by atoms with Crippen LogP contribution < -0.4 is 10.3 Å². The highest BCUT2D eigenvalue weighted by atomic mass is 35.5. The van der Waals surface area contributed by atoms with Gasteiger partial charge in [-0.05, 0) is 56.8 Å². The molecule has 0 saturated heterocycles. The number of aryl methyl sites for hydroxylation is 1. The minimum absolute atomic E-state index is 0.0129. The van der Waals surface area contributed by atoms with Crippen molar-refractivity contribution in [3.8, 4) is 5.75 Å². The maximum Gasteiger partial charge on any atom is 0.261 e. The minimum atomic E-state index is 0.0129. The molecule has 1 aromatic carbocycles. The molecule has 0 N–H and O–H groups in total. The van der Waals surface area contributed by atoms with Crippen LogP contribution in [0.3, 0.4) is 0 Å². The normalized spacial score (nSPS) is 11.2. The summed E-state index contributed by atoms with van der Waals surface area (Å²) >= 11 is 5.86. The van der Waals surface area contributed by atoms with Crippen LogP contribution in [-0.2, 0) is 6.42 Å². The molecule has 0 aliphatic heterocycles. The molecule has 0 saturated carbocycles. The van der Waals surface area contributed by atoms with Crippen molar-refractivity contribution in [3.63, 3.8) is 0 Å². The Morgan fingerprint density at radius 1 is 1.15 bits per heavy atom. The second-order valence-corrected chi connectivity index (χ2v) is 6.70. The van der Waals surface area contributed by atoms with E-state index in [1.54, 1.807) is 10.6 Å². The molecule has 136 valence electrons. The number of halogens is 1. The number of pyridine rings is 1. The molecule has 0 aliphatic carbocycles. The summed E-state index contributed by atoms with van der Waals surface area (Å²) in [6, 6.07) is 12.9. The van der Waals surface area contributed by atoms with E-state index in [0.717, 1.165) is 30.1 Å². The SMILES string of the molecule is Cc1nc2ccccn2c(=O)c1CCN(C)CCOc1ccc(Cl)cc1. The Kier molecular flexibility index (Phi) is 5.91. The van der Waals surface area contributed by atoms with Gasteiger partial charge in [-0.3, -0.25) is 9.20 Å². The standard InChI is InChI=1S/C20H22ClN3O2/c1-15-18(20(25)24-11-4-3-5-19(24)22-15)10-12-23(2)13-14-26-17-8-6-16(21)7-9-17/h3-9,11H,10,12-14H2,1-2H3. The Bertz CT molecular complexity index is 938. The van der Waals surface area contributed by atoms with Crippen molar-refractivity contribution < 1.29 is 4.74 Å². The third kappa shape index (κ3) is 4.42. The molecule has 6 heteroatoms. The summed E-state index contributed by atoms with van der Waals surface area (Å²) in [7, 11) is 2.02. The Morgan fingerprint density at radius 3 is 2.69 bits per heavy atom. The van der Waals surface area contributed by atoms with E-state index in [1.807, 2.05) is 56.4 Å². The number of benzene rings is 1. The van der Waals surface area contributed by atoms with Crippen LogP contribution in [0.5, 0.6) is 5.75 Å². The molecule has 5 nitrogen and oxygen atoms in total. The molecule has 0 aliphatic rings. The quantitative estimate of drug-likeness (QED) is 0.639. The third-order valence-electron chi connectivity index (χ3n) is 4.33. The van der Waals surface area contributed by atoms with E-state index >= 15 is 0 Å². The summed E-state index contributed by atoms with van der Waals surface area (Å²) in [6.45, 7) is 4.00. The summed E-state index contributed by atoms with van der Waals surface area (Å²) in [4.78, 5) is 19.3. The van der Waals surface area contributed by atoms with Crippen LogP contribution in [0.2, 0.25) is 5.02 Å². The van der Waals surface area contributed by atoms with E-state index in [2.05, 4.69) is 9.88 Å². The van der Waals surface area contributed by atoms with E-state index in [9.17, 15) is 4.79 Å². The molecule has 0 unspecified atom stereocenters. The first kappa shape index (κ1) is 18.4. The Balaban J connectivity index is 1.56. The van der Waals surface area contributed by atoms with Gasteiger partial charge in [0.2, 0.25) is 0 Å². The third-order valence-corrected chi connectivity index (χ3v) is 4.59. The van der Waals surface area contributed by atoms with Gasteiger partial charge in [0, 0.05) is 35.6 Å². The largest absolute Gasteiger partial charge is 0.492 e. The average Bonchev–Trinajstić information content (AvgIpc) is 2.63. The number of aromatic nitrogens is 2. The predicted molar refractivity (Wildman–Crippen MR) is 104 cm³/mol. The van der Waals surface area contributed by atoms with Crippen LogP contribution in [0.25, 0.3) is 5.65 Å². The maximum atomic E-state index is 12.7. The molecule has 3 aromatic rings. The zero-order valence-electron chi connectivity index (χ0n) is 15.0. The smallest absolute Gasteiger partial charge is 0.261 e. The molecule has 2 heterocycles. The van der Waals surface area contributed by atoms with E-state index in [-0.39, 0.29) is 5.56 Å². The fourth-order valence-corrected chi connectivity index (χ4v) is 2.91. The average molecular weight is 372 g/mol. The van der Waals surface area contributed by atoms with Crippen molar-refractivity contribution in [1.29, 1.82) is 0 Å². The van der Waals surface area contributed by atoms with E-state index in [0.29, 0.717) is 23.7 Å². The molecular formula is C20H22ClN3O2. The number of fused-ring (bicyclic) bond motifs is 1. The van der Waals surface area contributed by atoms with Gasteiger partial charge >= 0.3 is 0 Å². The number of ether oxygens (including phenoxy) is 1. The Hall–Kier alpha value is -2.37. The number of hydrogen-bond acceptors (Lipinski definition) is 4. The van der Waals surface area contributed by atoms with Crippen molar-refractivity contribution >= 4 is 17.2 Å². The maximum absolute atomic E-state index is 12.7. The molecule has 0 bridgehead atoms. The molecule has 0 atom stereocenters. The topological polar surface area (TPSA) is 46.8 Å². The van der Waals surface area contributed by atoms with Crippen LogP contribution in [0.1, 0.15) is 11.3 Å². The fraction of sp³-hybridized carbons (Fsp3) is 0.300. The van der Waals surface area contributed by atoms with Gasteiger partial charge in [0.05, 0.1) is 0 Å². The van der Waals surface area contributed by atoms with Gasteiger partial charge in [0.1, 0.15) is 18.0 Å². The van der Waals surface area contributed by atoms with Crippen molar-refractivity contribution in [2.75, 3.05) is 26.7 Å². The number of hydrogen-bond donors (Lipinski definition) is 0. The predicted octanol–water partition coefficient (Wildman–Crippen LogP) is 3.21. The van der Waals surface area contributed by atoms with Gasteiger partial charge < -0.3 is 9.64 Å². The van der Waals surface area contributed by atoms with Crippen LogP contribution >= 0.6 is 11.6 Å². The van der Waals surface area contributed by atoms with E-state index in [4.69, 9.17) is 16.3 Å². The van der Waals surface area contributed by atoms with E-state index < -0.39 is 0 Å². The number of likely N-dealkylation sites (N-methyl/N-ethyl adjacent to an activating group) is 1. The first-order valence-electron chi connectivity index (χ1n) is 8.58. The van der Waals surface area contributed by atoms with Crippen LogP contribution in [-0.4, -0.2) is 41.0 Å². The monoisotopic (exact) mass is 371 g/mol. The van der Waals surface area contributed by atoms with Crippen LogP contribution in [0.15, 0.2) is 53.5 Å². The molecule has 0 radical (unpaired) electrons. The zero-order valence-corrected chi connectivity index (χ0v) is 15.7. The molecule has 3 rings (SSSR count). The summed E-state index contributed by atoms with van der Waals surface area (Å²) in [5.74, 6) is 0.801. The van der Waals surface area contributed by atoms with Gasteiger partial charge in [-0.25, -0.2) is 4.98 Å². The van der Waals surface area contributed by atoms with Crippen molar-refractivity contribution in [3.05, 3.63) is 75.3 Å². The fourth-order valence-electron chi connectivity index (χ4n) is 2.79. The van der Waals surface area contributed by atoms with Gasteiger partial charge in [-0.2, -0.15) is 0 Å². The first-order chi connectivity index (χ1) is 12.5. The van der Waals surface area contributed by atoms with Crippen LogP contribution in [0.4, 0.5) is 0 Å². The summed E-state index contributed by atoms with van der Waals surface area (Å²) in [5, 5.41) is 0.695. The highest BCUT2D eigenvalue weighted by molar-refractivity contribution is 6.30. The summed E-state index contributed by atoms with van der Waals surface area (Å²) in [6.07, 6.45) is 2.42. The lowest BCUT2D eigenvalue weighted by Gasteiger charge is -2.17. The second kappa shape index (κ2) is 8.34. The summed E-state index contributed by atoms with van der Waals surface area (Å²) < 4.78 is 7.31. The van der Waals surface area contributed by atoms with Crippen molar-refractivity contribution in [1.82, 2.24) is 14.3 Å². The minimum Gasteiger partial charge on any atom is -0.492 e. The van der Waals surface area contributed by atoms with Gasteiger partial charge in [0.15, 0.2) is 0 Å². The molecule has 0 fully saturated rings. The first-order valence-corrected chi connectivity index (χ1v) is 8.96. The second-order valence-electron chi connectivity index (χ2n) is 6.27. The molecular weight excluding hydrogens is 350 g/mol. The zero-order chi connectivity index (χ0) is 18.5. The molecule has 2 aromatic heterocycles. The molecule has 0 amide bonds. The van der Waals surface area contributed by atoms with E-state index in [1.165, 1.54) is 0 Å². The number of rotatable bonds is 7. The van der Waals surface area contributed by atoms with Crippen molar-refractivity contribution in [2.45, 2.75) is 13.3 Å². The van der Waals surface area contributed by atoms with Gasteiger partial charge in [-0.15, -0.1) is 0 Å². The highest BCUT2D eigenvalue weighted by Gasteiger charge is 2.10. The lowest BCUT2D eigenvalue weighted by Crippen LogP contribution is -2.29. The number of nitrogens with zero attached hydrogens (tertiary/aromatic N) is 3. The Morgan fingerprint density at radius 2 is 1.92 bits per heavy atom. The summed E-state index contributed by atoms with van der Waals surface area (Å²) in [5.41, 5.74) is 2.26. The highest BCUT2D eigenvalue weighted by Crippen LogP contribution is 2.15. The lowest BCUT2D eigenvalue weighted by molar-refractivity contribution is 0.238. The van der Waals surface area contributed by atoms with Gasteiger partial charge in [0.25, 0.3) is 5.56 Å². The van der Waals surface area contributed by atoms with Crippen LogP contribution in [0, 0.1) is 6.92 Å². The molecule has 0 spiro atoms.